The average molecular weight is 482 g/mol. The van der Waals surface area contributed by atoms with Crippen LogP contribution >= 0.6 is 24.0 Å². The first kappa shape index (κ1) is 23.9. The Morgan fingerprint density at radius 3 is 2.69 bits per heavy atom. The van der Waals surface area contributed by atoms with Gasteiger partial charge in [-0.1, -0.05) is 0 Å². The Kier molecular flexibility index (Phi) is 12.8. The van der Waals surface area contributed by atoms with Crippen LogP contribution in [-0.4, -0.2) is 75.0 Å². The Labute approximate surface area is 176 Å². The maximum Gasteiger partial charge on any atom is 0.191 e. The lowest BCUT2D eigenvalue weighted by Gasteiger charge is -2.26. The van der Waals surface area contributed by atoms with E-state index in [0.29, 0.717) is 12.1 Å². The quantitative estimate of drug-likeness (QED) is 0.194. The fourth-order valence-corrected chi connectivity index (χ4v) is 3.26. The molecule has 1 saturated heterocycles. The van der Waals surface area contributed by atoms with Gasteiger partial charge in [-0.15, -0.1) is 24.0 Å². The molecule has 26 heavy (non-hydrogen) atoms. The molecule has 2 aliphatic rings. The summed E-state index contributed by atoms with van der Waals surface area (Å²) in [6, 6.07) is 1.43. The van der Waals surface area contributed by atoms with Crippen LogP contribution in [-0.2, 0) is 9.47 Å². The van der Waals surface area contributed by atoms with Crippen molar-refractivity contribution in [2.75, 3.05) is 46.0 Å². The monoisotopic (exact) mass is 482 g/mol. The molecule has 7 heteroatoms. The van der Waals surface area contributed by atoms with Gasteiger partial charge in [-0.05, 0) is 52.9 Å². The summed E-state index contributed by atoms with van der Waals surface area (Å²) in [6.07, 6.45) is 6.30. The lowest BCUT2D eigenvalue weighted by molar-refractivity contribution is 0.0171. The molecule has 1 aliphatic heterocycles. The molecule has 0 aromatic rings. The van der Waals surface area contributed by atoms with Crippen LogP contribution in [0.4, 0.5) is 0 Å². The number of aliphatic imine (C=N–C) groups is 1. The van der Waals surface area contributed by atoms with Gasteiger partial charge in [0.05, 0.1) is 12.7 Å². The van der Waals surface area contributed by atoms with Gasteiger partial charge < -0.3 is 20.1 Å². The summed E-state index contributed by atoms with van der Waals surface area (Å²) in [7, 11) is 0. The highest BCUT2D eigenvalue weighted by Crippen LogP contribution is 2.27. The number of hydrogen-bond acceptors (Lipinski definition) is 4. The first-order valence-electron chi connectivity index (χ1n) is 10.2. The maximum atomic E-state index is 5.69. The van der Waals surface area contributed by atoms with Gasteiger partial charge in [-0.25, -0.2) is 0 Å². The van der Waals surface area contributed by atoms with Crippen LogP contribution in [0, 0.1) is 0 Å². The highest BCUT2D eigenvalue weighted by atomic mass is 127. The molecule has 2 fully saturated rings. The van der Waals surface area contributed by atoms with Crippen molar-refractivity contribution >= 4 is 29.9 Å². The van der Waals surface area contributed by atoms with Gasteiger partial charge >= 0.3 is 0 Å². The number of ether oxygens (including phenoxy) is 2. The number of nitrogens with one attached hydrogen (secondary N) is 2. The Balaban J connectivity index is 0.00000338. The molecule has 2 N–H and O–H groups in total. The molecule has 0 bridgehead atoms. The lowest BCUT2D eigenvalue weighted by Crippen LogP contribution is -2.44. The Bertz CT molecular complexity index is 384. The first-order valence-corrected chi connectivity index (χ1v) is 10.2. The van der Waals surface area contributed by atoms with E-state index in [1.54, 1.807) is 0 Å². The summed E-state index contributed by atoms with van der Waals surface area (Å²) in [5.41, 5.74) is 0. The van der Waals surface area contributed by atoms with Gasteiger partial charge in [0.15, 0.2) is 5.96 Å². The predicted octanol–water partition coefficient (Wildman–Crippen LogP) is 2.62. The molecule has 1 aliphatic carbocycles. The smallest absolute Gasteiger partial charge is 0.191 e. The summed E-state index contributed by atoms with van der Waals surface area (Å²) in [4.78, 5) is 7.24. The van der Waals surface area contributed by atoms with E-state index in [0.717, 1.165) is 70.8 Å². The highest BCUT2D eigenvalue weighted by Gasteiger charge is 2.30. The van der Waals surface area contributed by atoms with E-state index >= 15 is 0 Å². The zero-order chi connectivity index (χ0) is 17.9. The van der Waals surface area contributed by atoms with Crippen molar-refractivity contribution in [3.8, 4) is 0 Å². The van der Waals surface area contributed by atoms with Gasteiger partial charge in [0.25, 0.3) is 0 Å². The van der Waals surface area contributed by atoms with Gasteiger partial charge in [0.2, 0.25) is 0 Å². The van der Waals surface area contributed by atoms with Crippen molar-refractivity contribution in [1.29, 1.82) is 0 Å². The van der Waals surface area contributed by atoms with Crippen LogP contribution in [0.3, 0.4) is 0 Å². The van der Waals surface area contributed by atoms with Crippen molar-refractivity contribution < 1.29 is 9.47 Å². The maximum absolute atomic E-state index is 5.69. The fourth-order valence-electron chi connectivity index (χ4n) is 3.26. The van der Waals surface area contributed by atoms with Crippen LogP contribution in [0.1, 0.15) is 52.9 Å². The Morgan fingerprint density at radius 2 is 2.08 bits per heavy atom. The minimum Gasteiger partial charge on any atom is -0.379 e. The minimum atomic E-state index is 0. The third-order valence-electron chi connectivity index (χ3n) is 4.73. The van der Waals surface area contributed by atoms with Crippen LogP contribution in [0.2, 0.25) is 0 Å². The summed E-state index contributed by atoms with van der Waals surface area (Å²) >= 11 is 0. The highest BCUT2D eigenvalue weighted by molar-refractivity contribution is 14.0. The standard InChI is InChI=1S/C19H38N4O2.HI/c1-4-20-19(22-11-12-23(16(2)3)17-8-9-17)21-10-6-13-24-15-18-7-5-14-25-18;/h16-18H,4-15H2,1-3H3,(H2,20,21,22);1H. The molecule has 6 nitrogen and oxygen atoms in total. The molecule has 2 rings (SSSR count). The third-order valence-corrected chi connectivity index (χ3v) is 4.73. The minimum absolute atomic E-state index is 0. The zero-order valence-corrected chi connectivity index (χ0v) is 19.2. The molecule has 0 amide bonds. The third kappa shape index (κ3) is 9.71. The van der Waals surface area contributed by atoms with Crippen molar-refractivity contribution in [3.05, 3.63) is 0 Å². The van der Waals surface area contributed by atoms with E-state index in [1.165, 1.54) is 19.3 Å². The average Bonchev–Trinajstić information content (AvgIpc) is 3.29. The largest absolute Gasteiger partial charge is 0.379 e. The lowest BCUT2D eigenvalue weighted by atomic mass is 10.2. The van der Waals surface area contributed by atoms with Crippen LogP contribution in [0.25, 0.3) is 0 Å². The van der Waals surface area contributed by atoms with Gasteiger partial charge in [0, 0.05) is 51.5 Å². The van der Waals surface area contributed by atoms with E-state index < -0.39 is 0 Å². The van der Waals surface area contributed by atoms with Gasteiger partial charge in [0.1, 0.15) is 0 Å². The summed E-state index contributed by atoms with van der Waals surface area (Å²) in [6.45, 7) is 12.8. The molecule has 0 spiro atoms. The molecule has 0 aromatic heterocycles. The van der Waals surface area contributed by atoms with Crippen molar-refractivity contribution in [2.24, 2.45) is 4.99 Å². The molecular weight excluding hydrogens is 443 g/mol. The summed E-state index contributed by atoms with van der Waals surface area (Å²) in [5, 5.41) is 6.79. The van der Waals surface area contributed by atoms with E-state index in [4.69, 9.17) is 9.47 Å². The van der Waals surface area contributed by atoms with E-state index in [-0.39, 0.29) is 24.0 Å². The molecular formula is C19H39IN4O2. The second-order valence-electron chi connectivity index (χ2n) is 7.31. The van der Waals surface area contributed by atoms with Gasteiger partial charge in [-0.3, -0.25) is 9.89 Å². The summed E-state index contributed by atoms with van der Waals surface area (Å²) in [5.74, 6) is 0.918. The van der Waals surface area contributed by atoms with Crippen molar-refractivity contribution in [2.45, 2.75) is 71.1 Å². The molecule has 0 radical (unpaired) electrons. The first-order chi connectivity index (χ1) is 12.2. The zero-order valence-electron chi connectivity index (χ0n) is 16.8. The van der Waals surface area contributed by atoms with Gasteiger partial charge in [-0.2, -0.15) is 0 Å². The molecule has 154 valence electrons. The topological polar surface area (TPSA) is 58.1 Å². The number of hydrogen-bond donors (Lipinski definition) is 2. The van der Waals surface area contributed by atoms with Crippen molar-refractivity contribution in [1.82, 2.24) is 15.5 Å². The summed E-state index contributed by atoms with van der Waals surface area (Å²) < 4.78 is 11.2. The second-order valence-corrected chi connectivity index (χ2v) is 7.31. The number of guanidine groups is 1. The van der Waals surface area contributed by atoms with Crippen molar-refractivity contribution in [3.63, 3.8) is 0 Å². The fraction of sp³-hybridized carbons (Fsp3) is 0.947. The number of nitrogens with zero attached hydrogens (tertiary/aromatic N) is 2. The Morgan fingerprint density at radius 1 is 1.27 bits per heavy atom. The molecule has 1 unspecified atom stereocenters. The molecule has 1 saturated carbocycles. The normalized spacial score (nSPS) is 20.5. The van der Waals surface area contributed by atoms with E-state index in [9.17, 15) is 0 Å². The van der Waals surface area contributed by atoms with Crippen LogP contribution in [0.15, 0.2) is 4.99 Å². The predicted molar refractivity (Wildman–Crippen MR) is 119 cm³/mol. The molecule has 1 atom stereocenters. The van der Waals surface area contributed by atoms with Crippen LogP contribution in [0.5, 0.6) is 0 Å². The van der Waals surface area contributed by atoms with Crippen LogP contribution < -0.4 is 10.6 Å². The number of halogens is 1. The SMILES string of the molecule is CCNC(=NCCCOCC1CCCO1)NCCN(C(C)C)C1CC1.I. The second kappa shape index (κ2) is 14.0. The number of rotatable bonds is 12. The van der Waals surface area contributed by atoms with E-state index in [2.05, 4.69) is 41.3 Å². The van der Waals surface area contributed by atoms with E-state index in [1.807, 2.05) is 0 Å². The Hall–Kier alpha value is -0.120. The molecule has 0 aromatic carbocycles. The molecule has 1 heterocycles.